The number of aromatic nitrogens is 1. The second-order valence-electron chi connectivity index (χ2n) is 7.63. The van der Waals surface area contributed by atoms with E-state index in [0.29, 0.717) is 6.42 Å². The van der Waals surface area contributed by atoms with Crippen LogP contribution in [0.2, 0.25) is 0 Å². The van der Waals surface area contributed by atoms with Gasteiger partial charge in [-0.1, -0.05) is 6.07 Å². The summed E-state index contributed by atoms with van der Waals surface area (Å²) < 4.78 is 6.16. The second kappa shape index (κ2) is 6.27. The quantitative estimate of drug-likeness (QED) is 0.798. The molecule has 1 aromatic heterocycles. The summed E-state index contributed by atoms with van der Waals surface area (Å²) in [6.45, 7) is 6.83. The van der Waals surface area contributed by atoms with Crippen molar-refractivity contribution in [3.05, 3.63) is 53.9 Å². The van der Waals surface area contributed by atoms with E-state index >= 15 is 0 Å². The molecule has 1 amide bonds. The molecule has 0 atom stereocenters. The molecule has 0 spiro atoms. The van der Waals surface area contributed by atoms with Crippen LogP contribution in [0.5, 0.6) is 5.75 Å². The van der Waals surface area contributed by atoms with E-state index in [-0.39, 0.29) is 5.91 Å². The minimum absolute atomic E-state index is 0.205. The minimum Gasteiger partial charge on any atom is -0.483 e. The molecule has 0 saturated carbocycles. The van der Waals surface area contributed by atoms with Crippen LogP contribution in [0.1, 0.15) is 44.4 Å². The maximum absolute atomic E-state index is 12.5. The molecule has 4 heteroatoms. The summed E-state index contributed by atoms with van der Waals surface area (Å²) in [6.07, 6.45) is 6.56. The molecule has 0 radical (unpaired) electrons. The highest BCUT2D eigenvalue weighted by molar-refractivity contribution is 5.90. The van der Waals surface area contributed by atoms with Gasteiger partial charge in [-0.3, -0.25) is 9.78 Å². The summed E-state index contributed by atoms with van der Waals surface area (Å²) in [5.74, 6) is 1.04. The molecule has 1 saturated heterocycles. The zero-order valence-corrected chi connectivity index (χ0v) is 15.6. The molecular weight excluding hydrogens is 324 g/mol. The third-order valence-corrected chi connectivity index (χ3v) is 4.96. The van der Waals surface area contributed by atoms with E-state index in [1.54, 1.807) is 0 Å². The Morgan fingerprint density at radius 3 is 2.69 bits per heavy atom. The van der Waals surface area contributed by atoms with Gasteiger partial charge in [0, 0.05) is 30.4 Å². The smallest absolute Gasteiger partial charge is 0.226 e. The molecule has 4 rings (SSSR count). The van der Waals surface area contributed by atoms with E-state index in [9.17, 15) is 4.79 Å². The fourth-order valence-corrected chi connectivity index (χ4v) is 3.73. The van der Waals surface area contributed by atoms with Crippen molar-refractivity contribution in [3.8, 4) is 16.9 Å². The standard InChI is InChI=1S/C22H24N2O2/c1-15-12-17(9-10-23-15)16-7-8-20-18(13-16)19(14-22(2,3)26-20)24-11-5-4-6-21(24)25/h7-10,12-14H,4-6,11H2,1-3H3. The lowest BCUT2D eigenvalue weighted by Gasteiger charge is -2.37. The zero-order chi connectivity index (χ0) is 18.3. The van der Waals surface area contributed by atoms with E-state index in [0.717, 1.165) is 53.2 Å². The van der Waals surface area contributed by atoms with Crippen molar-refractivity contribution in [1.82, 2.24) is 9.88 Å². The van der Waals surface area contributed by atoms with Crippen LogP contribution in [-0.4, -0.2) is 27.9 Å². The first-order chi connectivity index (χ1) is 12.4. The zero-order valence-electron chi connectivity index (χ0n) is 15.6. The molecule has 134 valence electrons. The maximum atomic E-state index is 12.5. The molecule has 0 bridgehead atoms. The lowest BCUT2D eigenvalue weighted by molar-refractivity contribution is -0.129. The number of amides is 1. The number of fused-ring (bicyclic) bond motifs is 1. The summed E-state index contributed by atoms with van der Waals surface area (Å²) in [5, 5.41) is 0. The Morgan fingerprint density at radius 1 is 1.12 bits per heavy atom. The number of carbonyl (C=O) groups excluding carboxylic acids is 1. The molecule has 26 heavy (non-hydrogen) atoms. The topological polar surface area (TPSA) is 42.4 Å². The van der Waals surface area contributed by atoms with Crippen LogP contribution in [0.4, 0.5) is 0 Å². The van der Waals surface area contributed by atoms with Crippen molar-refractivity contribution in [2.45, 2.75) is 45.6 Å². The predicted molar refractivity (Wildman–Crippen MR) is 103 cm³/mol. The van der Waals surface area contributed by atoms with Crippen molar-refractivity contribution in [2.75, 3.05) is 6.54 Å². The molecule has 3 heterocycles. The largest absolute Gasteiger partial charge is 0.483 e. The molecule has 1 aromatic carbocycles. The first-order valence-corrected chi connectivity index (χ1v) is 9.23. The third kappa shape index (κ3) is 3.12. The Morgan fingerprint density at radius 2 is 1.92 bits per heavy atom. The van der Waals surface area contributed by atoms with Crippen LogP contribution in [0.25, 0.3) is 16.8 Å². The molecule has 2 aliphatic heterocycles. The first kappa shape index (κ1) is 16.8. The average molecular weight is 348 g/mol. The molecule has 0 unspecified atom stereocenters. The minimum atomic E-state index is -0.436. The monoisotopic (exact) mass is 348 g/mol. The molecule has 0 aliphatic carbocycles. The number of piperidine rings is 1. The molecule has 2 aromatic rings. The van der Waals surface area contributed by atoms with Gasteiger partial charge in [-0.15, -0.1) is 0 Å². The number of ether oxygens (including phenoxy) is 1. The first-order valence-electron chi connectivity index (χ1n) is 9.23. The number of aryl methyl sites for hydroxylation is 1. The van der Waals surface area contributed by atoms with Crippen LogP contribution >= 0.6 is 0 Å². The Bertz CT molecular complexity index is 899. The van der Waals surface area contributed by atoms with E-state index in [1.165, 1.54) is 0 Å². The fraction of sp³-hybridized carbons (Fsp3) is 0.364. The Labute approximate surface area is 154 Å². The highest BCUT2D eigenvalue weighted by Gasteiger charge is 2.32. The van der Waals surface area contributed by atoms with Crippen molar-refractivity contribution in [2.24, 2.45) is 0 Å². The number of hydrogen-bond donors (Lipinski definition) is 0. The van der Waals surface area contributed by atoms with Gasteiger partial charge >= 0.3 is 0 Å². The summed E-state index contributed by atoms with van der Waals surface area (Å²) in [7, 11) is 0. The molecule has 1 fully saturated rings. The number of hydrogen-bond acceptors (Lipinski definition) is 3. The van der Waals surface area contributed by atoms with Gasteiger partial charge in [0.15, 0.2) is 0 Å². The molecule has 2 aliphatic rings. The number of carbonyl (C=O) groups is 1. The number of pyridine rings is 1. The van der Waals surface area contributed by atoms with Gasteiger partial charge in [-0.2, -0.15) is 0 Å². The Hall–Kier alpha value is -2.62. The summed E-state index contributed by atoms with van der Waals surface area (Å²) in [6, 6.07) is 10.3. The summed E-state index contributed by atoms with van der Waals surface area (Å²) >= 11 is 0. The molecular formula is C22H24N2O2. The van der Waals surface area contributed by atoms with Gasteiger partial charge in [-0.05, 0) is 75.1 Å². The van der Waals surface area contributed by atoms with Crippen molar-refractivity contribution in [1.29, 1.82) is 0 Å². The van der Waals surface area contributed by atoms with Gasteiger partial charge in [0.05, 0.1) is 5.70 Å². The van der Waals surface area contributed by atoms with Crippen LogP contribution < -0.4 is 4.74 Å². The summed E-state index contributed by atoms with van der Waals surface area (Å²) in [5.41, 5.74) is 4.75. The van der Waals surface area contributed by atoms with Crippen LogP contribution in [0, 0.1) is 6.92 Å². The lowest BCUT2D eigenvalue weighted by Crippen LogP contribution is -2.38. The second-order valence-corrected chi connectivity index (χ2v) is 7.63. The van der Waals surface area contributed by atoms with Crippen LogP contribution in [0.15, 0.2) is 42.6 Å². The van der Waals surface area contributed by atoms with E-state index in [2.05, 4.69) is 29.3 Å². The number of likely N-dealkylation sites (tertiary alicyclic amines) is 1. The number of benzene rings is 1. The number of nitrogens with zero attached hydrogens (tertiary/aromatic N) is 2. The van der Waals surface area contributed by atoms with E-state index in [1.807, 2.05) is 44.0 Å². The Balaban J connectivity index is 1.82. The molecule has 4 nitrogen and oxygen atoms in total. The van der Waals surface area contributed by atoms with Gasteiger partial charge in [0.25, 0.3) is 0 Å². The van der Waals surface area contributed by atoms with Gasteiger partial charge in [0.2, 0.25) is 5.91 Å². The molecule has 0 N–H and O–H groups in total. The van der Waals surface area contributed by atoms with Crippen LogP contribution in [-0.2, 0) is 4.79 Å². The van der Waals surface area contributed by atoms with Crippen molar-refractivity contribution in [3.63, 3.8) is 0 Å². The normalized spacial score (nSPS) is 18.8. The van der Waals surface area contributed by atoms with Crippen molar-refractivity contribution >= 4 is 11.6 Å². The van der Waals surface area contributed by atoms with Gasteiger partial charge in [-0.25, -0.2) is 0 Å². The Kier molecular flexibility index (Phi) is 4.06. The van der Waals surface area contributed by atoms with E-state index < -0.39 is 5.60 Å². The van der Waals surface area contributed by atoms with Gasteiger partial charge < -0.3 is 9.64 Å². The fourth-order valence-electron chi connectivity index (χ4n) is 3.73. The third-order valence-electron chi connectivity index (χ3n) is 4.96. The van der Waals surface area contributed by atoms with E-state index in [4.69, 9.17) is 4.74 Å². The lowest BCUT2D eigenvalue weighted by atomic mass is 9.94. The SMILES string of the molecule is Cc1cc(-c2ccc3c(c2)C(N2CCCCC2=O)=CC(C)(C)O3)ccn1. The van der Waals surface area contributed by atoms with Gasteiger partial charge in [0.1, 0.15) is 11.4 Å². The maximum Gasteiger partial charge on any atom is 0.226 e. The average Bonchev–Trinajstić information content (AvgIpc) is 2.60. The van der Waals surface area contributed by atoms with Crippen molar-refractivity contribution < 1.29 is 9.53 Å². The highest BCUT2D eigenvalue weighted by atomic mass is 16.5. The summed E-state index contributed by atoms with van der Waals surface area (Å²) in [4.78, 5) is 18.8. The highest BCUT2D eigenvalue weighted by Crippen LogP contribution is 2.40. The predicted octanol–water partition coefficient (Wildman–Crippen LogP) is 4.58. The number of rotatable bonds is 2. The van der Waals surface area contributed by atoms with Crippen LogP contribution in [0.3, 0.4) is 0 Å².